The van der Waals surface area contributed by atoms with Gasteiger partial charge >= 0.3 is 0 Å². The second-order valence-corrected chi connectivity index (χ2v) is 3.29. The molecule has 1 aliphatic heterocycles. The summed E-state index contributed by atoms with van der Waals surface area (Å²) in [5, 5.41) is 4.12. The highest BCUT2D eigenvalue weighted by molar-refractivity contribution is 8.00. The van der Waals surface area contributed by atoms with Crippen LogP contribution in [0.1, 0.15) is 5.56 Å². The lowest BCUT2D eigenvalue weighted by Crippen LogP contribution is -2.21. The molecule has 0 spiro atoms. The Morgan fingerprint density at radius 3 is 2.58 bits per heavy atom. The molecule has 1 aromatic carbocycles. The summed E-state index contributed by atoms with van der Waals surface area (Å²) < 4.78 is 0. The Hall–Kier alpha value is -0.930. The van der Waals surface area contributed by atoms with Gasteiger partial charge in [0, 0.05) is 12.5 Å². The molecule has 0 bridgehead atoms. The summed E-state index contributed by atoms with van der Waals surface area (Å²) in [5.74, 6) is 0. The molecule has 1 heterocycles. The Kier molecular flexibility index (Phi) is 2.06. The number of hydrogen-bond donors (Lipinski definition) is 1. The molecule has 0 unspecified atom stereocenters. The van der Waals surface area contributed by atoms with E-state index in [9.17, 15) is 0 Å². The van der Waals surface area contributed by atoms with Crippen LogP contribution in [0.3, 0.4) is 0 Å². The number of rotatable bonds is 1. The van der Waals surface area contributed by atoms with Gasteiger partial charge in [-0.15, -0.1) is 0 Å². The molecular formula is C9H10N2S. The normalized spacial score (nSPS) is 16.4. The molecule has 0 amide bonds. The Balaban J connectivity index is 2.31. The fourth-order valence-corrected chi connectivity index (χ4v) is 1.88. The fraction of sp³-hybridized carbons (Fsp3) is 0.111. The van der Waals surface area contributed by atoms with Crippen LogP contribution in [0.2, 0.25) is 0 Å². The summed E-state index contributed by atoms with van der Waals surface area (Å²) >= 11 is 1.60. The van der Waals surface area contributed by atoms with Gasteiger partial charge < -0.3 is 5.01 Å². The van der Waals surface area contributed by atoms with Crippen LogP contribution < -0.4 is 4.83 Å². The maximum absolute atomic E-state index is 3.13. The molecule has 0 aliphatic carbocycles. The van der Waals surface area contributed by atoms with E-state index in [0.29, 0.717) is 0 Å². The van der Waals surface area contributed by atoms with Crippen LogP contribution in [0, 0.1) is 0 Å². The van der Waals surface area contributed by atoms with Gasteiger partial charge in [0.1, 0.15) is 0 Å². The third-order valence-electron chi connectivity index (χ3n) is 1.79. The van der Waals surface area contributed by atoms with Gasteiger partial charge in [-0.1, -0.05) is 30.3 Å². The minimum atomic E-state index is 1.22. The van der Waals surface area contributed by atoms with Gasteiger partial charge in [-0.25, -0.2) is 0 Å². The molecule has 0 saturated carbocycles. The molecule has 0 fully saturated rings. The Morgan fingerprint density at radius 1 is 1.25 bits per heavy atom. The molecule has 0 atom stereocenters. The molecule has 0 radical (unpaired) electrons. The van der Waals surface area contributed by atoms with Crippen LogP contribution >= 0.6 is 11.9 Å². The van der Waals surface area contributed by atoms with E-state index in [1.807, 2.05) is 30.3 Å². The zero-order valence-electron chi connectivity index (χ0n) is 6.82. The van der Waals surface area contributed by atoms with Crippen LogP contribution in [0.5, 0.6) is 0 Å². The van der Waals surface area contributed by atoms with Crippen molar-refractivity contribution in [2.75, 3.05) is 7.05 Å². The van der Waals surface area contributed by atoms with E-state index in [1.165, 1.54) is 11.3 Å². The van der Waals surface area contributed by atoms with Crippen LogP contribution in [0.4, 0.5) is 0 Å². The molecule has 12 heavy (non-hydrogen) atoms. The fourth-order valence-electron chi connectivity index (χ4n) is 1.16. The maximum atomic E-state index is 3.13. The second-order valence-electron chi connectivity index (χ2n) is 2.64. The Labute approximate surface area is 76.4 Å². The molecule has 0 saturated heterocycles. The SMILES string of the molecule is CN1NSC=C1c1ccccc1. The third kappa shape index (κ3) is 1.33. The number of benzene rings is 1. The summed E-state index contributed by atoms with van der Waals surface area (Å²) in [5.41, 5.74) is 2.47. The van der Waals surface area contributed by atoms with Crippen LogP contribution in [-0.2, 0) is 0 Å². The molecule has 0 aromatic heterocycles. The third-order valence-corrected chi connectivity index (χ3v) is 2.51. The minimum absolute atomic E-state index is 1.22. The molecular weight excluding hydrogens is 168 g/mol. The van der Waals surface area contributed by atoms with E-state index in [0.717, 1.165) is 0 Å². The highest BCUT2D eigenvalue weighted by Gasteiger charge is 2.11. The standard InChI is InChI=1S/C9H10N2S/c1-11-9(7-12-10-11)8-5-3-2-4-6-8/h2-7,10H,1H3. The van der Waals surface area contributed by atoms with Crippen molar-refractivity contribution in [2.24, 2.45) is 0 Å². The largest absolute Gasteiger partial charge is 0.300 e. The van der Waals surface area contributed by atoms with E-state index in [-0.39, 0.29) is 0 Å². The van der Waals surface area contributed by atoms with Gasteiger partial charge in [0.05, 0.1) is 5.70 Å². The van der Waals surface area contributed by atoms with Crippen molar-refractivity contribution < 1.29 is 0 Å². The van der Waals surface area contributed by atoms with Crippen molar-refractivity contribution in [3.05, 3.63) is 41.3 Å². The Bertz CT molecular complexity index is 295. The van der Waals surface area contributed by atoms with Gasteiger partial charge in [0.25, 0.3) is 0 Å². The number of hydrogen-bond acceptors (Lipinski definition) is 3. The summed E-state index contributed by atoms with van der Waals surface area (Å²) in [6.45, 7) is 0. The van der Waals surface area contributed by atoms with Crippen molar-refractivity contribution in [3.8, 4) is 0 Å². The van der Waals surface area contributed by atoms with Gasteiger partial charge in [-0.3, -0.25) is 0 Å². The lowest BCUT2D eigenvalue weighted by atomic mass is 10.2. The van der Waals surface area contributed by atoms with Crippen molar-refractivity contribution in [1.29, 1.82) is 0 Å². The predicted octanol–water partition coefficient (Wildman–Crippen LogP) is 2.08. The van der Waals surface area contributed by atoms with Crippen LogP contribution in [-0.4, -0.2) is 12.1 Å². The van der Waals surface area contributed by atoms with E-state index < -0.39 is 0 Å². The summed E-state index contributed by atoms with van der Waals surface area (Å²) in [6, 6.07) is 10.3. The topological polar surface area (TPSA) is 15.3 Å². The van der Waals surface area contributed by atoms with Gasteiger partial charge in [0.2, 0.25) is 0 Å². The first kappa shape index (κ1) is 7.71. The molecule has 1 N–H and O–H groups in total. The number of nitrogens with zero attached hydrogens (tertiary/aromatic N) is 1. The van der Waals surface area contributed by atoms with E-state index in [2.05, 4.69) is 22.4 Å². The summed E-state index contributed by atoms with van der Waals surface area (Å²) in [7, 11) is 2.01. The summed E-state index contributed by atoms with van der Waals surface area (Å²) in [4.78, 5) is 3.13. The molecule has 62 valence electrons. The first-order chi connectivity index (χ1) is 5.88. The van der Waals surface area contributed by atoms with Crippen LogP contribution in [0.15, 0.2) is 35.7 Å². The molecule has 3 heteroatoms. The quantitative estimate of drug-likeness (QED) is 0.663. The van der Waals surface area contributed by atoms with Crippen molar-refractivity contribution in [2.45, 2.75) is 0 Å². The number of nitrogens with one attached hydrogen (secondary N) is 1. The maximum Gasteiger partial charge on any atom is 0.0674 e. The lowest BCUT2D eigenvalue weighted by molar-refractivity contribution is 0.468. The zero-order valence-corrected chi connectivity index (χ0v) is 7.64. The van der Waals surface area contributed by atoms with E-state index in [1.54, 1.807) is 11.9 Å². The highest BCUT2D eigenvalue weighted by atomic mass is 32.2. The van der Waals surface area contributed by atoms with E-state index >= 15 is 0 Å². The average Bonchev–Trinajstić information content (AvgIpc) is 2.53. The lowest BCUT2D eigenvalue weighted by Gasteiger charge is -2.14. The smallest absolute Gasteiger partial charge is 0.0674 e. The summed E-state index contributed by atoms with van der Waals surface area (Å²) in [6.07, 6.45) is 0. The highest BCUT2D eigenvalue weighted by Crippen LogP contribution is 2.24. The molecule has 1 aliphatic rings. The molecule has 2 nitrogen and oxygen atoms in total. The average molecular weight is 178 g/mol. The van der Waals surface area contributed by atoms with Gasteiger partial charge in [-0.2, -0.15) is 4.83 Å². The Morgan fingerprint density at radius 2 is 2.00 bits per heavy atom. The van der Waals surface area contributed by atoms with Gasteiger partial charge in [0.15, 0.2) is 0 Å². The molecule has 1 aromatic rings. The second kappa shape index (κ2) is 3.21. The van der Waals surface area contributed by atoms with Crippen molar-refractivity contribution in [3.63, 3.8) is 0 Å². The first-order valence-electron chi connectivity index (χ1n) is 3.78. The van der Waals surface area contributed by atoms with Crippen LogP contribution in [0.25, 0.3) is 5.70 Å². The first-order valence-corrected chi connectivity index (χ1v) is 4.66. The van der Waals surface area contributed by atoms with Gasteiger partial charge in [-0.05, 0) is 17.5 Å². The minimum Gasteiger partial charge on any atom is -0.300 e. The zero-order chi connectivity index (χ0) is 8.39. The monoisotopic (exact) mass is 178 g/mol. The van der Waals surface area contributed by atoms with E-state index in [4.69, 9.17) is 0 Å². The predicted molar refractivity (Wildman–Crippen MR) is 52.9 cm³/mol. The molecule has 2 rings (SSSR count). The number of hydrazine groups is 1. The van der Waals surface area contributed by atoms with Crippen molar-refractivity contribution >= 4 is 17.6 Å². The van der Waals surface area contributed by atoms with Crippen molar-refractivity contribution in [1.82, 2.24) is 9.84 Å².